The first-order chi connectivity index (χ1) is 15.5. The second-order valence-electron chi connectivity index (χ2n) is 6.81. The summed E-state index contributed by atoms with van der Waals surface area (Å²) in [6, 6.07) is 19.5. The third-order valence-electron chi connectivity index (χ3n) is 4.55. The van der Waals surface area contributed by atoms with Gasteiger partial charge >= 0.3 is 0 Å². The van der Waals surface area contributed by atoms with E-state index in [0.717, 1.165) is 11.6 Å². The second-order valence-corrected chi connectivity index (χ2v) is 8.23. The largest absolute Gasteiger partial charge is 0.325 e. The summed E-state index contributed by atoms with van der Waals surface area (Å²) in [7, 11) is 0. The maximum absolute atomic E-state index is 14.4. The second kappa shape index (κ2) is 9.93. The first-order valence-electron chi connectivity index (χ1n) is 9.60. The first kappa shape index (κ1) is 22.0. The van der Waals surface area contributed by atoms with E-state index in [1.165, 1.54) is 28.6 Å². The van der Waals surface area contributed by atoms with Crippen molar-refractivity contribution in [2.24, 2.45) is 0 Å². The van der Waals surface area contributed by atoms with Crippen LogP contribution in [0.4, 0.5) is 14.5 Å². The molecule has 1 heterocycles. The summed E-state index contributed by atoms with van der Waals surface area (Å²) in [4.78, 5) is 12.3. The number of nitrogens with zero attached hydrogens (tertiary/aromatic N) is 3. The topological polar surface area (TPSA) is 59.8 Å². The predicted octanol–water partition coefficient (Wildman–Crippen LogP) is 5.74. The molecule has 9 heteroatoms. The Morgan fingerprint density at radius 1 is 1.03 bits per heavy atom. The average molecular weight is 471 g/mol. The van der Waals surface area contributed by atoms with E-state index in [-0.39, 0.29) is 17.3 Å². The molecule has 0 spiro atoms. The van der Waals surface area contributed by atoms with Gasteiger partial charge in [-0.2, -0.15) is 0 Å². The van der Waals surface area contributed by atoms with Crippen LogP contribution in [0.1, 0.15) is 5.69 Å². The van der Waals surface area contributed by atoms with Crippen molar-refractivity contribution >= 4 is 35.0 Å². The number of thioether (sulfide) groups is 1. The molecule has 0 unspecified atom stereocenters. The van der Waals surface area contributed by atoms with Gasteiger partial charge in [-0.25, -0.2) is 13.5 Å². The quantitative estimate of drug-likeness (QED) is 0.374. The van der Waals surface area contributed by atoms with E-state index >= 15 is 0 Å². The van der Waals surface area contributed by atoms with Crippen LogP contribution in [0.2, 0.25) is 5.02 Å². The Morgan fingerprint density at radius 3 is 2.50 bits per heavy atom. The number of anilines is 1. The van der Waals surface area contributed by atoms with Gasteiger partial charge in [-0.15, -0.1) is 16.9 Å². The molecule has 0 bridgehead atoms. The third-order valence-corrected chi connectivity index (χ3v) is 5.74. The molecule has 1 aromatic heterocycles. The van der Waals surface area contributed by atoms with Crippen molar-refractivity contribution in [1.82, 2.24) is 15.0 Å². The molecule has 4 rings (SSSR count). The lowest BCUT2D eigenvalue weighted by molar-refractivity contribution is -0.113. The van der Waals surface area contributed by atoms with E-state index < -0.39 is 11.6 Å². The number of hydrogen-bond donors (Lipinski definition) is 1. The summed E-state index contributed by atoms with van der Waals surface area (Å²) in [5.41, 5.74) is 2.71. The SMILES string of the molecule is O=C(CSCc1c(-c2ccccc2)nnn1-c1ccc(F)cc1F)Nc1ccc(Cl)cc1. The average Bonchev–Trinajstić information content (AvgIpc) is 3.19. The molecule has 3 aromatic carbocycles. The molecule has 1 N–H and O–H groups in total. The third kappa shape index (κ3) is 5.15. The van der Waals surface area contributed by atoms with Gasteiger partial charge in [0, 0.05) is 28.1 Å². The van der Waals surface area contributed by atoms with Crippen LogP contribution < -0.4 is 5.32 Å². The van der Waals surface area contributed by atoms with Crippen molar-refractivity contribution in [2.45, 2.75) is 5.75 Å². The number of benzene rings is 3. The number of amides is 1. The Kier molecular flexibility index (Phi) is 6.82. The molecule has 0 aliphatic rings. The fourth-order valence-electron chi connectivity index (χ4n) is 3.07. The molecule has 0 aliphatic carbocycles. The molecule has 0 atom stereocenters. The van der Waals surface area contributed by atoms with Crippen LogP contribution in [0.5, 0.6) is 0 Å². The van der Waals surface area contributed by atoms with Crippen LogP contribution in [-0.4, -0.2) is 26.7 Å². The van der Waals surface area contributed by atoms with Crippen molar-refractivity contribution in [3.63, 3.8) is 0 Å². The number of nitrogens with one attached hydrogen (secondary N) is 1. The molecular formula is C23H17ClF2N4OS. The highest BCUT2D eigenvalue weighted by molar-refractivity contribution is 7.99. The van der Waals surface area contributed by atoms with Gasteiger partial charge in [-0.05, 0) is 36.4 Å². The van der Waals surface area contributed by atoms with E-state index in [1.807, 2.05) is 30.3 Å². The van der Waals surface area contributed by atoms with Crippen molar-refractivity contribution in [3.8, 4) is 16.9 Å². The van der Waals surface area contributed by atoms with E-state index in [0.29, 0.717) is 27.9 Å². The summed E-state index contributed by atoms with van der Waals surface area (Å²) in [6.07, 6.45) is 0. The minimum absolute atomic E-state index is 0.0855. The van der Waals surface area contributed by atoms with E-state index in [9.17, 15) is 13.6 Å². The zero-order valence-corrected chi connectivity index (χ0v) is 18.2. The van der Waals surface area contributed by atoms with Gasteiger partial charge in [0.05, 0.1) is 11.4 Å². The summed E-state index contributed by atoms with van der Waals surface area (Å²) < 4.78 is 29.2. The normalized spacial score (nSPS) is 10.8. The van der Waals surface area contributed by atoms with Gasteiger partial charge < -0.3 is 5.32 Å². The van der Waals surface area contributed by atoms with E-state index in [4.69, 9.17) is 11.6 Å². The smallest absolute Gasteiger partial charge is 0.234 e. The summed E-state index contributed by atoms with van der Waals surface area (Å²) in [5.74, 6) is -1.12. The van der Waals surface area contributed by atoms with Gasteiger partial charge in [0.1, 0.15) is 17.2 Å². The lowest BCUT2D eigenvalue weighted by Crippen LogP contribution is -2.14. The molecule has 0 fully saturated rings. The Bertz CT molecular complexity index is 1230. The highest BCUT2D eigenvalue weighted by atomic mass is 35.5. The molecule has 4 aromatic rings. The fourth-order valence-corrected chi connectivity index (χ4v) is 4.01. The number of rotatable bonds is 7. The number of hydrogen-bond acceptors (Lipinski definition) is 4. The maximum Gasteiger partial charge on any atom is 0.234 e. The molecular weight excluding hydrogens is 454 g/mol. The van der Waals surface area contributed by atoms with Crippen LogP contribution >= 0.6 is 23.4 Å². The minimum Gasteiger partial charge on any atom is -0.325 e. The number of carbonyl (C=O) groups excluding carboxylic acids is 1. The predicted molar refractivity (Wildman–Crippen MR) is 123 cm³/mol. The molecule has 5 nitrogen and oxygen atoms in total. The lowest BCUT2D eigenvalue weighted by Gasteiger charge is -2.10. The number of carbonyl (C=O) groups is 1. The van der Waals surface area contributed by atoms with Crippen LogP contribution in [0, 0.1) is 11.6 Å². The first-order valence-corrected chi connectivity index (χ1v) is 11.1. The van der Waals surface area contributed by atoms with Gasteiger partial charge in [0.25, 0.3) is 0 Å². The lowest BCUT2D eigenvalue weighted by atomic mass is 10.1. The zero-order valence-electron chi connectivity index (χ0n) is 16.6. The number of aromatic nitrogens is 3. The molecule has 0 saturated heterocycles. The Hall–Kier alpha value is -3.23. The van der Waals surface area contributed by atoms with E-state index in [1.54, 1.807) is 24.3 Å². The monoisotopic (exact) mass is 470 g/mol. The zero-order chi connectivity index (χ0) is 22.5. The number of halogens is 3. The van der Waals surface area contributed by atoms with Gasteiger partial charge in [-0.3, -0.25) is 4.79 Å². The molecule has 1 amide bonds. The van der Waals surface area contributed by atoms with Gasteiger partial charge in [0.2, 0.25) is 5.91 Å². The summed E-state index contributed by atoms with van der Waals surface area (Å²) >= 11 is 7.19. The van der Waals surface area contributed by atoms with Crippen LogP contribution in [-0.2, 0) is 10.5 Å². The van der Waals surface area contributed by atoms with Gasteiger partial charge in [0.15, 0.2) is 5.82 Å². The molecule has 32 heavy (non-hydrogen) atoms. The van der Waals surface area contributed by atoms with Crippen molar-refractivity contribution < 1.29 is 13.6 Å². The fraction of sp³-hybridized carbons (Fsp3) is 0.0870. The minimum atomic E-state index is -0.749. The van der Waals surface area contributed by atoms with Crippen LogP contribution in [0.15, 0.2) is 72.8 Å². The standard InChI is InChI=1S/C23H17ClF2N4OS/c24-16-6-9-18(10-7-16)27-22(31)14-32-13-21-23(15-4-2-1-3-5-15)28-29-30(21)20-11-8-17(25)12-19(20)26/h1-12H,13-14H2,(H,27,31). The Labute approximate surface area is 192 Å². The Balaban J connectivity index is 1.55. The molecule has 0 aliphatic heterocycles. The van der Waals surface area contributed by atoms with Crippen molar-refractivity contribution in [1.29, 1.82) is 0 Å². The summed E-state index contributed by atoms with van der Waals surface area (Å²) in [6.45, 7) is 0. The maximum atomic E-state index is 14.4. The van der Waals surface area contributed by atoms with Crippen LogP contribution in [0.25, 0.3) is 16.9 Å². The van der Waals surface area contributed by atoms with Crippen molar-refractivity contribution in [2.75, 3.05) is 11.1 Å². The highest BCUT2D eigenvalue weighted by Gasteiger charge is 2.19. The highest BCUT2D eigenvalue weighted by Crippen LogP contribution is 2.28. The van der Waals surface area contributed by atoms with Crippen molar-refractivity contribution in [3.05, 3.63) is 95.1 Å². The van der Waals surface area contributed by atoms with Crippen LogP contribution in [0.3, 0.4) is 0 Å². The summed E-state index contributed by atoms with van der Waals surface area (Å²) in [5, 5.41) is 11.7. The molecule has 0 saturated carbocycles. The van der Waals surface area contributed by atoms with E-state index in [2.05, 4.69) is 15.6 Å². The molecule has 162 valence electrons. The van der Waals surface area contributed by atoms with Gasteiger partial charge in [-0.1, -0.05) is 47.1 Å². The Morgan fingerprint density at radius 2 is 1.78 bits per heavy atom. The molecule has 0 radical (unpaired) electrons.